The maximum absolute atomic E-state index is 10.9. The molecule has 1 N–H and O–H groups in total. The lowest BCUT2D eigenvalue weighted by molar-refractivity contribution is -0.119. The summed E-state index contributed by atoms with van der Waals surface area (Å²) in [6, 6.07) is 4.59. The second-order valence-corrected chi connectivity index (χ2v) is 8.57. The van der Waals surface area contributed by atoms with Gasteiger partial charge in [0.05, 0.1) is 5.60 Å². The lowest BCUT2D eigenvalue weighted by atomic mass is 9.72. The van der Waals surface area contributed by atoms with Crippen LogP contribution in [0.2, 0.25) is 0 Å². The number of likely N-dealkylation sites (tertiary alicyclic amines) is 1. The molecule has 1 aromatic rings. The predicted molar refractivity (Wildman–Crippen MR) is 102 cm³/mol. The van der Waals surface area contributed by atoms with Crippen molar-refractivity contribution in [1.29, 1.82) is 0 Å². The molecule has 138 valence electrons. The Kier molecular flexibility index (Phi) is 5.10. The molecule has 2 aliphatic heterocycles. The standard InChI is InChI=1S/C16H20N2O.C5H12O/c19-11-18-8-6-16(7-9-18)10-17-14-5-4-12-2-1-3-13(12)15(14)16;1-5(2,3)6-4/h4-5,11,17H,1-3,6-10H2;1-4H3. The summed E-state index contributed by atoms with van der Waals surface area (Å²) in [4.78, 5) is 12.8. The summed E-state index contributed by atoms with van der Waals surface area (Å²) in [5.74, 6) is 0. The molecule has 4 rings (SSSR count). The Morgan fingerprint density at radius 3 is 2.48 bits per heavy atom. The van der Waals surface area contributed by atoms with Crippen LogP contribution >= 0.6 is 0 Å². The van der Waals surface area contributed by atoms with Crippen LogP contribution in [0.3, 0.4) is 0 Å². The van der Waals surface area contributed by atoms with Gasteiger partial charge in [0.15, 0.2) is 0 Å². The average Bonchev–Trinajstić information content (AvgIpc) is 3.20. The highest BCUT2D eigenvalue weighted by Crippen LogP contribution is 2.48. The van der Waals surface area contributed by atoms with Crippen LogP contribution in [-0.4, -0.2) is 43.7 Å². The summed E-state index contributed by atoms with van der Waals surface area (Å²) in [5.41, 5.74) is 6.50. The maximum Gasteiger partial charge on any atom is 0.209 e. The number of hydrogen-bond donors (Lipinski definition) is 1. The van der Waals surface area contributed by atoms with E-state index in [0.29, 0.717) is 5.41 Å². The van der Waals surface area contributed by atoms with Gasteiger partial charge >= 0.3 is 0 Å². The van der Waals surface area contributed by atoms with Gasteiger partial charge in [-0.2, -0.15) is 0 Å². The van der Waals surface area contributed by atoms with Crippen molar-refractivity contribution in [2.75, 3.05) is 32.1 Å². The molecule has 1 spiro atoms. The quantitative estimate of drug-likeness (QED) is 0.793. The zero-order valence-corrected chi connectivity index (χ0v) is 16.2. The first-order valence-corrected chi connectivity index (χ1v) is 9.52. The van der Waals surface area contributed by atoms with Crippen LogP contribution < -0.4 is 5.32 Å². The summed E-state index contributed by atoms with van der Waals surface area (Å²) in [6.45, 7) is 8.95. The SMILES string of the molecule is COC(C)(C)C.O=CN1CCC2(CC1)CNc1ccc3c(c12)CCC3. The molecule has 0 atom stereocenters. The first-order valence-electron chi connectivity index (χ1n) is 9.52. The van der Waals surface area contributed by atoms with Crippen molar-refractivity contribution >= 4 is 12.1 Å². The number of fused-ring (bicyclic) bond motifs is 4. The Morgan fingerprint density at radius 2 is 1.88 bits per heavy atom. The fraction of sp³-hybridized carbons (Fsp3) is 0.667. The highest BCUT2D eigenvalue weighted by Gasteiger charge is 2.43. The fourth-order valence-electron chi connectivity index (χ4n) is 4.26. The Balaban J connectivity index is 0.000000265. The molecule has 1 amide bonds. The van der Waals surface area contributed by atoms with Crippen molar-refractivity contribution < 1.29 is 9.53 Å². The highest BCUT2D eigenvalue weighted by molar-refractivity contribution is 5.66. The normalized spacial score (nSPS) is 20.4. The minimum atomic E-state index is 0.0417. The number of methoxy groups -OCH3 is 1. The van der Waals surface area contributed by atoms with Gasteiger partial charge in [-0.05, 0) is 75.6 Å². The first kappa shape index (κ1) is 18.2. The number of nitrogens with zero attached hydrogens (tertiary/aromatic N) is 1. The topological polar surface area (TPSA) is 41.6 Å². The second-order valence-electron chi connectivity index (χ2n) is 8.57. The van der Waals surface area contributed by atoms with Crippen LogP contribution in [0.5, 0.6) is 0 Å². The number of carbonyl (C=O) groups is 1. The molecule has 4 heteroatoms. The van der Waals surface area contributed by atoms with Crippen LogP contribution in [0.1, 0.15) is 56.7 Å². The Hall–Kier alpha value is -1.55. The minimum absolute atomic E-state index is 0.0417. The van der Waals surface area contributed by atoms with Gasteiger partial charge in [-0.3, -0.25) is 4.79 Å². The first-order chi connectivity index (χ1) is 11.9. The van der Waals surface area contributed by atoms with Crippen molar-refractivity contribution in [2.24, 2.45) is 0 Å². The maximum atomic E-state index is 10.9. The molecule has 0 radical (unpaired) electrons. The number of carbonyl (C=O) groups excluding carboxylic acids is 1. The average molecular weight is 344 g/mol. The summed E-state index contributed by atoms with van der Waals surface area (Å²) >= 11 is 0. The van der Waals surface area contributed by atoms with E-state index in [1.165, 1.54) is 24.9 Å². The zero-order chi connectivity index (χ0) is 18.1. The van der Waals surface area contributed by atoms with E-state index in [-0.39, 0.29) is 5.60 Å². The second kappa shape index (κ2) is 6.99. The molecule has 0 aromatic heterocycles. The number of rotatable bonds is 1. The number of benzene rings is 1. The van der Waals surface area contributed by atoms with Crippen molar-refractivity contribution in [3.05, 3.63) is 28.8 Å². The summed E-state index contributed by atoms with van der Waals surface area (Å²) in [5, 5.41) is 3.62. The van der Waals surface area contributed by atoms with Crippen molar-refractivity contribution in [2.45, 2.75) is 63.9 Å². The van der Waals surface area contributed by atoms with Crippen LogP contribution in [0.4, 0.5) is 5.69 Å². The summed E-state index contributed by atoms with van der Waals surface area (Å²) in [7, 11) is 1.71. The number of piperidine rings is 1. The van der Waals surface area contributed by atoms with E-state index in [1.807, 2.05) is 25.7 Å². The zero-order valence-electron chi connectivity index (χ0n) is 16.2. The Morgan fingerprint density at radius 1 is 1.20 bits per heavy atom. The van der Waals surface area contributed by atoms with Crippen LogP contribution in [-0.2, 0) is 27.8 Å². The van der Waals surface area contributed by atoms with Crippen molar-refractivity contribution in [3.63, 3.8) is 0 Å². The smallest absolute Gasteiger partial charge is 0.209 e. The number of anilines is 1. The van der Waals surface area contributed by atoms with Gasteiger partial charge in [0, 0.05) is 37.8 Å². The molecule has 4 nitrogen and oxygen atoms in total. The number of ether oxygens (including phenoxy) is 1. The third kappa shape index (κ3) is 3.69. The molecule has 0 bridgehead atoms. The van der Waals surface area contributed by atoms with Gasteiger partial charge in [-0.25, -0.2) is 0 Å². The summed E-state index contributed by atoms with van der Waals surface area (Å²) < 4.78 is 4.94. The molecular weight excluding hydrogens is 312 g/mol. The molecule has 1 saturated heterocycles. The van der Waals surface area contributed by atoms with E-state index in [9.17, 15) is 4.79 Å². The van der Waals surface area contributed by atoms with E-state index >= 15 is 0 Å². The predicted octanol–water partition coefficient (Wildman–Crippen LogP) is 3.52. The van der Waals surface area contributed by atoms with Gasteiger partial charge in [0.1, 0.15) is 0 Å². The minimum Gasteiger partial charge on any atom is -0.384 e. The number of amides is 1. The molecule has 1 fully saturated rings. The van der Waals surface area contributed by atoms with E-state index in [2.05, 4.69) is 17.4 Å². The summed E-state index contributed by atoms with van der Waals surface area (Å²) in [6.07, 6.45) is 7.04. The van der Waals surface area contributed by atoms with Gasteiger partial charge in [-0.1, -0.05) is 6.07 Å². The molecule has 1 aliphatic carbocycles. The molecule has 0 saturated carbocycles. The molecule has 1 aromatic carbocycles. The van der Waals surface area contributed by atoms with Crippen molar-refractivity contribution in [3.8, 4) is 0 Å². The largest absolute Gasteiger partial charge is 0.384 e. The van der Waals surface area contributed by atoms with Gasteiger partial charge < -0.3 is 15.0 Å². The third-order valence-electron chi connectivity index (χ3n) is 5.95. The number of aryl methyl sites for hydroxylation is 1. The fourth-order valence-corrected chi connectivity index (χ4v) is 4.26. The Bertz CT molecular complexity index is 626. The van der Waals surface area contributed by atoms with Crippen LogP contribution in [0.15, 0.2) is 12.1 Å². The van der Waals surface area contributed by atoms with Gasteiger partial charge in [0.25, 0.3) is 0 Å². The highest BCUT2D eigenvalue weighted by atomic mass is 16.5. The number of nitrogens with one attached hydrogen (secondary N) is 1. The molecular formula is C21H32N2O2. The van der Waals surface area contributed by atoms with Crippen LogP contribution in [0, 0.1) is 0 Å². The Labute approximate surface area is 151 Å². The third-order valence-corrected chi connectivity index (χ3v) is 5.95. The molecule has 3 aliphatic rings. The van der Waals surface area contributed by atoms with E-state index in [4.69, 9.17) is 4.74 Å². The van der Waals surface area contributed by atoms with Gasteiger partial charge in [0.2, 0.25) is 6.41 Å². The van der Waals surface area contributed by atoms with Crippen LogP contribution in [0.25, 0.3) is 0 Å². The molecule has 25 heavy (non-hydrogen) atoms. The van der Waals surface area contributed by atoms with E-state index in [1.54, 1.807) is 23.8 Å². The molecule has 0 unspecified atom stereocenters. The molecule has 2 heterocycles. The van der Waals surface area contributed by atoms with E-state index in [0.717, 1.165) is 38.9 Å². The lowest BCUT2D eigenvalue weighted by Crippen LogP contribution is -2.43. The van der Waals surface area contributed by atoms with Gasteiger partial charge in [-0.15, -0.1) is 0 Å². The lowest BCUT2D eigenvalue weighted by Gasteiger charge is -2.38. The number of hydrogen-bond acceptors (Lipinski definition) is 3. The van der Waals surface area contributed by atoms with E-state index < -0.39 is 0 Å². The monoisotopic (exact) mass is 344 g/mol. The van der Waals surface area contributed by atoms with Crippen molar-refractivity contribution in [1.82, 2.24) is 4.90 Å².